The van der Waals surface area contributed by atoms with Crippen molar-refractivity contribution in [1.82, 2.24) is 25.0 Å². The van der Waals surface area contributed by atoms with Gasteiger partial charge in [0.2, 0.25) is 5.91 Å². The molecule has 2 heterocycles. The van der Waals surface area contributed by atoms with E-state index in [2.05, 4.69) is 51.5 Å². The molecule has 1 aliphatic rings. The summed E-state index contributed by atoms with van der Waals surface area (Å²) in [5.74, 6) is 0.743. The lowest BCUT2D eigenvalue weighted by Gasteiger charge is -2.30. The maximum Gasteiger partial charge on any atom is 0.244 e. The lowest BCUT2D eigenvalue weighted by molar-refractivity contribution is -0.124. The fourth-order valence-electron chi connectivity index (χ4n) is 3.33. The Morgan fingerprint density at radius 3 is 2.76 bits per heavy atom. The molecule has 25 heavy (non-hydrogen) atoms. The third-order valence-electron chi connectivity index (χ3n) is 4.85. The summed E-state index contributed by atoms with van der Waals surface area (Å²) in [6.07, 6.45) is 5.64. The van der Waals surface area contributed by atoms with Gasteiger partial charge in [0.05, 0.1) is 0 Å². The van der Waals surface area contributed by atoms with Gasteiger partial charge in [-0.1, -0.05) is 31.2 Å². The number of aromatic nitrogens is 3. The third kappa shape index (κ3) is 4.89. The quantitative estimate of drug-likeness (QED) is 0.876. The van der Waals surface area contributed by atoms with Gasteiger partial charge in [0.1, 0.15) is 18.7 Å². The van der Waals surface area contributed by atoms with E-state index >= 15 is 0 Å². The minimum Gasteiger partial charge on any atom is -0.350 e. The summed E-state index contributed by atoms with van der Waals surface area (Å²) in [7, 11) is 0. The van der Waals surface area contributed by atoms with Gasteiger partial charge in [0, 0.05) is 19.6 Å². The summed E-state index contributed by atoms with van der Waals surface area (Å²) in [4.78, 5) is 18.6. The molecule has 1 fully saturated rings. The molecule has 0 aliphatic carbocycles. The van der Waals surface area contributed by atoms with Gasteiger partial charge in [-0.25, -0.2) is 9.67 Å². The summed E-state index contributed by atoms with van der Waals surface area (Å²) >= 11 is 0. The zero-order valence-electron chi connectivity index (χ0n) is 15.1. The molecule has 1 N–H and O–H groups in total. The van der Waals surface area contributed by atoms with Gasteiger partial charge >= 0.3 is 0 Å². The molecule has 1 aromatic heterocycles. The van der Waals surface area contributed by atoms with Crippen molar-refractivity contribution >= 4 is 5.91 Å². The van der Waals surface area contributed by atoms with Crippen molar-refractivity contribution in [2.24, 2.45) is 5.92 Å². The molecule has 2 aromatic rings. The molecular formula is C19H27N5O. The lowest BCUT2D eigenvalue weighted by atomic mass is 9.99. The predicted octanol–water partition coefficient (Wildman–Crippen LogP) is 2.39. The van der Waals surface area contributed by atoms with Crippen LogP contribution in [-0.2, 0) is 17.9 Å². The Labute approximate surface area is 149 Å². The highest BCUT2D eigenvalue weighted by atomic mass is 16.2. The Morgan fingerprint density at radius 2 is 2.08 bits per heavy atom. The van der Waals surface area contributed by atoms with Crippen LogP contribution in [0.15, 0.2) is 36.9 Å². The van der Waals surface area contributed by atoms with E-state index in [1.54, 1.807) is 11.0 Å². The van der Waals surface area contributed by atoms with Crippen LogP contribution in [0.2, 0.25) is 0 Å². The van der Waals surface area contributed by atoms with Gasteiger partial charge in [-0.2, -0.15) is 5.10 Å². The minimum atomic E-state index is -0.358. The number of amides is 1. The number of nitrogens with one attached hydrogen (secondary N) is 1. The van der Waals surface area contributed by atoms with Crippen LogP contribution in [0.5, 0.6) is 0 Å². The van der Waals surface area contributed by atoms with E-state index in [0.717, 1.165) is 18.0 Å². The second-order valence-electron chi connectivity index (χ2n) is 7.07. The first-order valence-corrected chi connectivity index (χ1v) is 9.04. The molecule has 0 saturated carbocycles. The van der Waals surface area contributed by atoms with E-state index in [1.807, 2.05) is 6.92 Å². The molecule has 1 aliphatic heterocycles. The summed E-state index contributed by atoms with van der Waals surface area (Å²) in [6.45, 7) is 8.07. The maximum atomic E-state index is 12.2. The van der Waals surface area contributed by atoms with Crippen LogP contribution in [-0.4, -0.2) is 38.7 Å². The van der Waals surface area contributed by atoms with E-state index in [4.69, 9.17) is 0 Å². The van der Waals surface area contributed by atoms with Crippen molar-refractivity contribution in [3.63, 3.8) is 0 Å². The van der Waals surface area contributed by atoms with Crippen molar-refractivity contribution in [3.05, 3.63) is 48.0 Å². The Kier molecular flexibility index (Phi) is 5.81. The number of nitrogens with zero attached hydrogens (tertiary/aromatic N) is 4. The number of piperidine rings is 1. The molecule has 1 amide bonds. The Balaban J connectivity index is 1.48. The molecule has 6 heteroatoms. The van der Waals surface area contributed by atoms with Crippen molar-refractivity contribution in [1.29, 1.82) is 0 Å². The topological polar surface area (TPSA) is 63.1 Å². The SMILES string of the molecule is C[C@H]1CCCN(Cc2ccc(CNC(=O)[C@H](C)n3cncn3)cc2)C1. The minimum absolute atomic E-state index is 0.0584. The highest BCUT2D eigenvalue weighted by molar-refractivity contribution is 5.79. The van der Waals surface area contributed by atoms with Gasteiger partial charge in [-0.3, -0.25) is 9.69 Å². The molecule has 6 nitrogen and oxygen atoms in total. The van der Waals surface area contributed by atoms with Gasteiger partial charge < -0.3 is 5.32 Å². The van der Waals surface area contributed by atoms with Gasteiger partial charge in [-0.05, 0) is 43.4 Å². The van der Waals surface area contributed by atoms with Gasteiger partial charge in [0.25, 0.3) is 0 Å². The lowest BCUT2D eigenvalue weighted by Crippen LogP contribution is -2.33. The summed E-state index contributed by atoms with van der Waals surface area (Å²) < 4.78 is 1.55. The molecule has 1 saturated heterocycles. The number of hydrogen-bond acceptors (Lipinski definition) is 4. The predicted molar refractivity (Wildman–Crippen MR) is 96.7 cm³/mol. The van der Waals surface area contributed by atoms with Crippen LogP contribution in [0.4, 0.5) is 0 Å². The van der Waals surface area contributed by atoms with Crippen LogP contribution in [0.3, 0.4) is 0 Å². The molecule has 0 bridgehead atoms. The average Bonchev–Trinajstić information content (AvgIpc) is 3.15. The Bertz CT molecular complexity index is 668. The first kappa shape index (κ1) is 17.6. The highest BCUT2D eigenvalue weighted by Gasteiger charge is 2.16. The smallest absolute Gasteiger partial charge is 0.244 e. The molecule has 134 valence electrons. The number of likely N-dealkylation sites (tertiary alicyclic amines) is 1. The number of carbonyl (C=O) groups is 1. The molecule has 2 atom stereocenters. The zero-order chi connectivity index (χ0) is 17.6. The van der Waals surface area contributed by atoms with Crippen LogP contribution in [0.1, 0.15) is 43.9 Å². The van der Waals surface area contributed by atoms with Crippen molar-refractivity contribution < 1.29 is 4.79 Å². The van der Waals surface area contributed by atoms with Crippen LogP contribution < -0.4 is 5.32 Å². The summed E-state index contributed by atoms with van der Waals surface area (Å²) in [6, 6.07) is 8.18. The number of benzene rings is 1. The van der Waals surface area contributed by atoms with Crippen LogP contribution in [0.25, 0.3) is 0 Å². The number of carbonyl (C=O) groups excluding carboxylic acids is 1. The van der Waals surface area contributed by atoms with Gasteiger partial charge in [0.15, 0.2) is 0 Å². The standard InChI is InChI=1S/C19H27N5O/c1-15-4-3-9-23(11-15)12-18-7-5-17(6-8-18)10-21-19(25)16(2)24-14-20-13-22-24/h5-8,13-16H,3-4,9-12H2,1-2H3,(H,21,25)/t15-,16-/m0/s1. The van der Waals surface area contributed by atoms with E-state index in [9.17, 15) is 4.79 Å². The average molecular weight is 341 g/mol. The van der Waals surface area contributed by atoms with Crippen LogP contribution >= 0.6 is 0 Å². The molecule has 3 rings (SSSR count). The third-order valence-corrected chi connectivity index (χ3v) is 4.85. The van der Waals surface area contributed by atoms with E-state index in [-0.39, 0.29) is 11.9 Å². The summed E-state index contributed by atoms with van der Waals surface area (Å²) in [5.41, 5.74) is 2.44. The van der Waals surface area contributed by atoms with E-state index in [0.29, 0.717) is 6.54 Å². The normalized spacial score (nSPS) is 19.5. The highest BCUT2D eigenvalue weighted by Crippen LogP contribution is 2.18. The summed E-state index contributed by atoms with van der Waals surface area (Å²) in [5, 5.41) is 6.96. The number of hydrogen-bond donors (Lipinski definition) is 1. The second kappa shape index (κ2) is 8.25. The van der Waals surface area contributed by atoms with Crippen LogP contribution in [0, 0.1) is 5.92 Å². The zero-order valence-corrected chi connectivity index (χ0v) is 15.1. The first-order chi connectivity index (χ1) is 12.1. The van der Waals surface area contributed by atoms with E-state index in [1.165, 1.54) is 37.8 Å². The van der Waals surface area contributed by atoms with Crippen molar-refractivity contribution in [3.8, 4) is 0 Å². The molecule has 0 unspecified atom stereocenters. The van der Waals surface area contributed by atoms with Gasteiger partial charge in [-0.15, -0.1) is 0 Å². The second-order valence-corrected chi connectivity index (χ2v) is 7.07. The molecule has 1 aromatic carbocycles. The molecule has 0 spiro atoms. The fourth-order valence-corrected chi connectivity index (χ4v) is 3.33. The Morgan fingerprint density at radius 1 is 1.32 bits per heavy atom. The van der Waals surface area contributed by atoms with Crippen molar-refractivity contribution in [2.45, 2.75) is 45.8 Å². The molecule has 0 radical (unpaired) electrons. The maximum absolute atomic E-state index is 12.2. The fraction of sp³-hybridized carbons (Fsp3) is 0.526. The van der Waals surface area contributed by atoms with E-state index < -0.39 is 0 Å². The number of rotatable bonds is 6. The molecular weight excluding hydrogens is 314 g/mol. The first-order valence-electron chi connectivity index (χ1n) is 9.04. The monoisotopic (exact) mass is 341 g/mol. The Hall–Kier alpha value is -2.21. The van der Waals surface area contributed by atoms with Crippen molar-refractivity contribution in [2.75, 3.05) is 13.1 Å². The largest absolute Gasteiger partial charge is 0.350 e.